The van der Waals surface area contributed by atoms with E-state index in [-0.39, 0.29) is 0 Å². The van der Waals surface area contributed by atoms with Gasteiger partial charge in [0.25, 0.3) is 0 Å². The Bertz CT molecular complexity index is 1210. The molecule has 4 heterocycles. The van der Waals surface area contributed by atoms with Gasteiger partial charge >= 0.3 is 0 Å². The Morgan fingerprint density at radius 3 is 2.89 bits per heavy atom. The van der Waals surface area contributed by atoms with E-state index in [2.05, 4.69) is 35.0 Å². The minimum Gasteiger partial charge on any atom is -0.385 e. The molecule has 3 aromatic heterocycles. The Labute approximate surface area is 162 Å². The van der Waals surface area contributed by atoms with E-state index in [1.807, 2.05) is 19.9 Å². The maximum atomic E-state index is 11.2. The van der Waals surface area contributed by atoms with Crippen molar-refractivity contribution in [2.24, 2.45) is 0 Å². The van der Waals surface area contributed by atoms with Crippen LogP contribution in [-0.2, 0) is 16.9 Å². The molecular weight excluding hydrogens is 360 g/mol. The molecule has 1 aliphatic heterocycles. The van der Waals surface area contributed by atoms with Crippen molar-refractivity contribution in [3.8, 4) is 0 Å². The molecule has 0 spiro atoms. The summed E-state index contributed by atoms with van der Waals surface area (Å²) in [5, 5.41) is 14.1. The molecule has 5 rings (SSSR count). The summed E-state index contributed by atoms with van der Waals surface area (Å²) in [5.41, 5.74) is 4.99. The Morgan fingerprint density at radius 2 is 2.07 bits per heavy atom. The fraction of sp³-hybridized carbons (Fsp3) is 0.318. The average Bonchev–Trinajstić information content (AvgIpc) is 2.90. The van der Waals surface area contributed by atoms with Gasteiger partial charge in [-0.15, -0.1) is 0 Å². The van der Waals surface area contributed by atoms with Crippen molar-refractivity contribution in [2.45, 2.75) is 38.9 Å². The third-order valence-corrected chi connectivity index (χ3v) is 6.26. The van der Waals surface area contributed by atoms with Crippen LogP contribution in [0.1, 0.15) is 36.5 Å². The van der Waals surface area contributed by atoms with E-state index in [4.69, 9.17) is 21.3 Å². The number of aromatic nitrogens is 2. The zero-order chi connectivity index (χ0) is 18.8. The van der Waals surface area contributed by atoms with Crippen LogP contribution in [0.15, 0.2) is 36.7 Å². The Hall–Kier alpha value is -2.14. The molecule has 0 bridgehead atoms. The normalized spacial score (nSPS) is 20.3. The Morgan fingerprint density at radius 1 is 1.22 bits per heavy atom. The molecule has 0 fully saturated rings. The van der Waals surface area contributed by atoms with Crippen LogP contribution in [0.2, 0.25) is 5.02 Å². The van der Waals surface area contributed by atoms with Crippen LogP contribution < -0.4 is 0 Å². The van der Waals surface area contributed by atoms with Crippen LogP contribution in [0.5, 0.6) is 0 Å². The van der Waals surface area contributed by atoms with Gasteiger partial charge in [-0.2, -0.15) is 0 Å². The summed E-state index contributed by atoms with van der Waals surface area (Å²) in [7, 11) is 0. The zero-order valence-corrected chi connectivity index (χ0v) is 16.2. The standard InChI is InChI=1S/C22H21ClN2O2/c1-3-22(26)4-5-27-12-16-11-25-10-15-7-14-6-13(2)18(23)9-19(14)24-21(15)20(25)8-17(16)22/h6-11,26H,3-5,12H2,1-2H3. The van der Waals surface area contributed by atoms with Gasteiger partial charge in [-0.3, -0.25) is 0 Å². The van der Waals surface area contributed by atoms with E-state index in [0.29, 0.717) is 26.1 Å². The molecule has 0 saturated carbocycles. The quantitative estimate of drug-likeness (QED) is 0.498. The highest BCUT2D eigenvalue weighted by molar-refractivity contribution is 6.32. The maximum absolute atomic E-state index is 11.2. The van der Waals surface area contributed by atoms with Crippen molar-refractivity contribution in [2.75, 3.05) is 6.61 Å². The van der Waals surface area contributed by atoms with Crippen LogP contribution in [0.4, 0.5) is 0 Å². The number of fused-ring (bicyclic) bond motifs is 5. The fourth-order valence-electron chi connectivity index (χ4n) is 4.16. The van der Waals surface area contributed by atoms with Gasteiger partial charge < -0.3 is 14.2 Å². The second-order valence-electron chi connectivity index (χ2n) is 7.54. The third kappa shape index (κ3) is 2.55. The lowest BCUT2D eigenvalue weighted by atomic mass is 9.86. The van der Waals surface area contributed by atoms with Gasteiger partial charge in [-0.05, 0) is 48.7 Å². The Balaban J connectivity index is 1.84. The van der Waals surface area contributed by atoms with Gasteiger partial charge in [0, 0.05) is 40.2 Å². The summed E-state index contributed by atoms with van der Waals surface area (Å²) in [5.74, 6) is 0. The van der Waals surface area contributed by atoms with Crippen molar-refractivity contribution < 1.29 is 9.84 Å². The highest BCUT2D eigenvalue weighted by Gasteiger charge is 2.32. The molecule has 1 unspecified atom stereocenters. The summed E-state index contributed by atoms with van der Waals surface area (Å²) in [6.45, 7) is 5.11. The number of hydrogen-bond donors (Lipinski definition) is 1. The molecule has 27 heavy (non-hydrogen) atoms. The summed E-state index contributed by atoms with van der Waals surface area (Å²) >= 11 is 6.31. The summed E-state index contributed by atoms with van der Waals surface area (Å²) < 4.78 is 7.82. The van der Waals surface area contributed by atoms with E-state index in [1.165, 1.54) is 0 Å². The molecule has 4 nitrogen and oxygen atoms in total. The van der Waals surface area contributed by atoms with Crippen LogP contribution >= 0.6 is 11.6 Å². The van der Waals surface area contributed by atoms with Gasteiger partial charge in [0.05, 0.1) is 35.4 Å². The molecule has 0 radical (unpaired) electrons. The zero-order valence-electron chi connectivity index (χ0n) is 15.4. The van der Waals surface area contributed by atoms with Crippen molar-refractivity contribution in [3.63, 3.8) is 0 Å². The number of hydrogen-bond acceptors (Lipinski definition) is 3. The summed E-state index contributed by atoms with van der Waals surface area (Å²) in [6.07, 6.45) is 5.43. The van der Waals surface area contributed by atoms with Gasteiger partial charge in [-0.25, -0.2) is 4.98 Å². The first-order chi connectivity index (χ1) is 13.0. The molecule has 1 N–H and O–H groups in total. The minimum atomic E-state index is -0.860. The van der Waals surface area contributed by atoms with Crippen molar-refractivity contribution in [1.82, 2.24) is 9.38 Å². The molecule has 1 aliphatic rings. The lowest BCUT2D eigenvalue weighted by Gasteiger charge is -2.27. The Kier molecular flexibility index (Phi) is 3.73. The summed E-state index contributed by atoms with van der Waals surface area (Å²) in [6, 6.07) is 8.24. The largest absolute Gasteiger partial charge is 0.385 e. The SMILES string of the molecule is CCC1(O)CCOCc2cn3cc4cc5cc(C)c(Cl)cc5nc4c3cc21. The van der Waals surface area contributed by atoms with E-state index < -0.39 is 5.60 Å². The number of benzene rings is 1. The van der Waals surface area contributed by atoms with E-state index in [1.54, 1.807) is 0 Å². The first-order valence-electron chi connectivity index (χ1n) is 9.33. The molecule has 0 aliphatic carbocycles. The number of nitrogens with zero attached hydrogens (tertiary/aromatic N) is 2. The third-order valence-electron chi connectivity index (χ3n) is 5.85. The van der Waals surface area contributed by atoms with Crippen molar-refractivity contribution in [3.05, 3.63) is 58.4 Å². The van der Waals surface area contributed by atoms with Gasteiger partial charge in [-0.1, -0.05) is 18.5 Å². The van der Waals surface area contributed by atoms with Crippen LogP contribution in [0.25, 0.3) is 27.3 Å². The topological polar surface area (TPSA) is 46.8 Å². The molecule has 0 saturated heterocycles. The maximum Gasteiger partial charge on any atom is 0.0964 e. The van der Waals surface area contributed by atoms with Crippen LogP contribution in [0, 0.1) is 6.92 Å². The molecule has 138 valence electrons. The highest BCUT2D eigenvalue weighted by Crippen LogP contribution is 2.37. The number of rotatable bonds is 1. The summed E-state index contributed by atoms with van der Waals surface area (Å²) in [4.78, 5) is 4.90. The first kappa shape index (κ1) is 17.0. The smallest absolute Gasteiger partial charge is 0.0964 e. The first-order valence-corrected chi connectivity index (χ1v) is 9.71. The molecule has 1 atom stereocenters. The molecule has 1 aromatic carbocycles. The number of ether oxygens (including phenoxy) is 1. The predicted molar refractivity (Wildman–Crippen MR) is 108 cm³/mol. The molecule has 5 heteroatoms. The highest BCUT2D eigenvalue weighted by atomic mass is 35.5. The second-order valence-corrected chi connectivity index (χ2v) is 7.95. The van der Waals surface area contributed by atoms with Gasteiger partial charge in [0.2, 0.25) is 0 Å². The monoisotopic (exact) mass is 380 g/mol. The number of pyridine rings is 2. The van der Waals surface area contributed by atoms with E-state index in [0.717, 1.165) is 49.0 Å². The lowest BCUT2D eigenvalue weighted by Crippen LogP contribution is -2.26. The van der Waals surface area contributed by atoms with Gasteiger partial charge in [0.1, 0.15) is 0 Å². The minimum absolute atomic E-state index is 0.520. The van der Waals surface area contributed by atoms with E-state index in [9.17, 15) is 5.11 Å². The fourth-order valence-corrected chi connectivity index (χ4v) is 4.32. The number of halogens is 1. The van der Waals surface area contributed by atoms with Crippen molar-refractivity contribution >= 4 is 38.9 Å². The number of aliphatic hydroxyl groups is 1. The van der Waals surface area contributed by atoms with Crippen LogP contribution in [-0.4, -0.2) is 21.1 Å². The molecule has 4 aromatic rings. The van der Waals surface area contributed by atoms with Gasteiger partial charge in [0.15, 0.2) is 0 Å². The molecule has 0 amide bonds. The number of aryl methyl sites for hydroxylation is 1. The average molecular weight is 381 g/mol. The predicted octanol–water partition coefficient (Wildman–Crippen LogP) is 5.12. The van der Waals surface area contributed by atoms with Crippen molar-refractivity contribution in [1.29, 1.82) is 0 Å². The van der Waals surface area contributed by atoms with Crippen LogP contribution in [0.3, 0.4) is 0 Å². The second kappa shape index (κ2) is 5.93. The lowest BCUT2D eigenvalue weighted by molar-refractivity contribution is 0.00232. The van der Waals surface area contributed by atoms with E-state index >= 15 is 0 Å². The molecular formula is C22H21ClN2O2.